The van der Waals surface area contributed by atoms with Crippen LogP contribution in [0.4, 0.5) is 0 Å². The molecule has 2 amide bonds. The van der Waals surface area contributed by atoms with Crippen LogP contribution in [0, 0.1) is 0 Å². The number of β-amino-alcohol motifs (C(OH)–C–C–N with tert-alkyl or cyclic N) is 1. The van der Waals surface area contributed by atoms with Gasteiger partial charge < -0.3 is 14.7 Å². The van der Waals surface area contributed by atoms with Gasteiger partial charge in [0.05, 0.1) is 18.8 Å². The average Bonchev–Trinajstić information content (AvgIpc) is 3.07. The van der Waals surface area contributed by atoms with Gasteiger partial charge in [0.1, 0.15) is 11.4 Å². The molecule has 2 heterocycles. The first-order valence-corrected chi connectivity index (χ1v) is 12.5. The Bertz CT molecular complexity index is 813. The van der Waals surface area contributed by atoms with E-state index in [4.69, 9.17) is 4.74 Å². The van der Waals surface area contributed by atoms with Crippen molar-refractivity contribution in [3.63, 3.8) is 0 Å². The third kappa shape index (κ3) is 6.36. The Kier molecular flexibility index (Phi) is 9.76. The molecule has 2 aliphatic rings. The van der Waals surface area contributed by atoms with E-state index in [2.05, 4.69) is 16.7 Å². The lowest BCUT2D eigenvalue weighted by molar-refractivity contribution is -0.137. The van der Waals surface area contributed by atoms with Gasteiger partial charge in [-0.05, 0) is 31.0 Å². The lowest BCUT2D eigenvalue weighted by atomic mass is 10.0. The molecule has 0 saturated carbocycles. The number of benzene rings is 1. The summed E-state index contributed by atoms with van der Waals surface area (Å²) >= 11 is 0. The Hall–Kier alpha value is -2.38. The molecular weight excluding hydrogens is 418 g/mol. The molecule has 182 valence electrons. The van der Waals surface area contributed by atoms with Gasteiger partial charge in [-0.3, -0.25) is 19.4 Å². The van der Waals surface area contributed by atoms with Gasteiger partial charge >= 0.3 is 0 Å². The Morgan fingerprint density at radius 2 is 1.52 bits per heavy atom. The van der Waals surface area contributed by atoms with Gasteiger partial charge in [-0.15, -0.1) is 0 Å². The number of carbonyl (C=O) groups excluding carboxylic acids is 2. The molecular formula is C26H39N3O4. The highest BCUT2D eigenvalue weighted by atomic mass is 16.5. The number of piperazine rings is 1. The zero-order chi connectivity index (χ0) is 23.6. The van der Waals surface area contributed by atoms with Crippen molar-refractivity contribution in [3.8, 4) is 5.75 Å². The standard InChI is InChI=1S/C26H39N3O4/c1-3-5-6-7-8-9-14-29-25(31)23(21-10-12-22(13-11-21)33-4-2)24(26(29)32)28-17-15-27(16-18-28)19-20-30/h10-13,30H,3-9,14-20H2,1-2H3. The zero-order valence-corrected chi connectivity index (χ0v) is 20.2. The molecule has 0 unspecified atom stereocenters. The van der Waals surface area contributed by atoms with Gasteiger partial charge in [0.25, 0.3) is 11.8 Å². The van der Waals surface area contributed by atoms with Crippen molar-refractivity contribution >= 4 is 17.4 Å². The van der Waals surface area contributed by atoms with Gasteiger partial charge in [-0.1, -0.05) is 51.2 Å². The minimum atomic E-state index is -0.189. The van der Waals surface area contributed by atoms with Crippen molar-refractivity contribution in [2.24, 2.45) is 0 Å². The molecule has 1 saturated heterocycles. The molecule has 0 radical (unpaired) electrons. The fourth-order valence-electron chi connectivity index (χ4n) is 4.59. The lowest BCUT2D eigenvalue weighted by Crippen LogP contribution is -2.48. The van der Waals surface area contributed by atoms with Crippen molar-refractivity contribution < 1.29 is 19.4 Å². The number of nitrogens with zero attached hydrogens (tertiary/aromatic N) is 3. The van der Waals surface area contributed by atoms with E-state index in [1.807, 2.05) is 31.2 Å². The van der Waals surface area contributed by atoms with Crippen LogP contribution in [0.2, 0.25) is 0 Å². The van der Waals surface area contributed by atoms with Gasteiger partial charge in [0, 0.05) is 39.3 Å². The highest BCUT2D eigenvalue weighted by molar-refractivity contribution is 6.35. The van der Waals surface area contributed by atoms with Gasteiger partial charge in [-0.25, -0.2) is 0 Å². The van der Waals surface area contributed by atoms with Gasteiger partial charge in [0.2, 0.25) is 0 Å². The second-order valence-corrected chi connectivity index (χ2v) is 8.76. The van der Waals surface area contributed by atoms with Crippen molar-refractivity contribution in [2.75, 3.05) is 52.5 Å². The number of aliphatic hydroxyl groups is 1. The van der Waals surface area contributed by atoms with E-state index in [0.29, 0.717) is 44.1 Å². The fourth-order valence-corrected chi connectivity index (χ4v) is 4.59. The highest BCUT2D eigenvalue weighted by Gasteiger charge is 2.41. The van der Waals surface area contributed by atoms with Crippen LogP contribution in [0.5, 0.6) is 5.75 Å². The van der Waals surface area contributed by atoms with Crippen LogP contribution in [-0.2, 0) is 9.59 Å². The van der Waals surface area contributed by atoms with Crippen LogP contribution in [0.3, 0.4) is 0 Å². The van der Waals surface area contributed by atoms with E-state index in [1.165, 1.54) is 24.2 Å². The smallest absolute Gasteiger partial charge is 0.277 e. The molecule has 33 heavy (non-hydrogen) atoms. The van der Waals surface area contributed by atoms with E-state index in [-0.39, 0.29) is 18.4 Å². The van der Waals surface area contributed by atoms with Gasteiger partial charge in [-0.2, -0.15) is 0 Å². The summed E-state index contributed by atoms with van der Waals surface area (Å²) in [5.74, 6) is 0.389. The largest absolute Gasteiger partial charge is 0.494 e. The molecule has 7 heteroatoms. The molecule has 0 aromatic heterocycles. The topological polar surface area (TPSA) is 73.3 Å². The molecule has 1 fully saturated rings. The summed E-state index contributed by atoms with van der Waals surface area (Å²) in [6, 6.07) is 7.47. The van der Waals surface area contributed by atoms with Gasteiger partial charge in [0.15, 0.2) is 0 Å². The predicted octanol–water partition coefficient (Wildman–Crippen LogP) is 3.14. The number of hydrogen-bond acceptors (Lipinski definition) is 6. The van der Waals surface area contributed by atoms with Crippen LogP contribution in [0.15, 0.2) is 30.0 Å². The number of ether oxygens (including phenoxy) is 1. The first-order chi connectivity index (χ1) is 16.1. The SMILES string of the molecule is CCCCCCCCN1C(=O)C(c2ccc(OCC)cc2)=C(N2CCN(CCO)CC2)C1=O. The van der Waals surface area contributed by atoms with E-state index >= 15 is 0 Å². The molecule has 0 aliphatic carbocycles. The average molecular weight is 458 g/mol. The number of rotatable bonds is 13. The fraction of sp³-hybridized carbons (Fsp3) is 0.615. The third-order valence-corrected chi connectivity index (χ3v) is 6.44. The van der Waals surface area contributed by atoms with E-state index in [9.17, 15) is 14.7 Å². The van der Waals surface area contributed by atoms with Crippen molar-refractivity contribution in [1.82, 2.24) is 14.7 Å². The Balaban J connectivity index is 1.78. The van der Waals surface area contributed by atoms with E-state index in [0.717, 1.165) is 43.7 Å². The monoisotopic (exact) mass is 457 g/mol. The summed E-state index contributed by atoms with van der Waals surface area (Å²) in [6.45, 7) is 8.80. The van der Waals surface area contributed by atoms with Crippen LogP contribution < -0.4 is 4.74 Å². The van der Waals surface area contributed by atoms with E-state index in [1.54, 1.807) is 0 Å². The molecule has 7 nitrogen and oxygen atoms in total. The van der Waals surface area contributed by atoms with Crippen molar-refractivity contribution in [1.29, 1.82) is 0 Å². The van der Waals surface area contributed by atoms with Crippen molar-refractivity contribution in [2.45, 2.75) is 52.4 Å². The molecule has 0 atom stereocenters. The number of amides is 2. The number of imide groups is 1. The minimum absolute atomic E-state index is 0.129. The molecule has 3 rings (SSSR count). The zero-order valence-electron chi connectivity index (χ0n) is 20.2. The summed E-state index contributed by atoms with van der Waals surface area (Å²) in [5.41, 5.74) is 1.79. The molecule has 1 N–H and O–H groups in total. The molecule has 1 aromatic carbocycles. The van der Waals surface area contributed by atoms with E-state index < -0.39 is 0 Å². The summed E-state index contributed by atoms with van der Waals surface area (Å²) in [4.78, 5) is 32.6. The maximum atomic E-state index is 13.5. The van der Waals surface area contributed by atoms with Crippen LogP contribution >= 0.6 is 0 Å². The lowest BCUT2D eigenvalue weighted by Gasteiger charge is -2.36. The second kappa shape index (κ2) is 12.8. The maximum absolute atomic E-state index is 13.5. The second-order valence-electron chi connectivity index (χ2n) is 8.76. The quantitative estimate of drug-likeness (QED) is 0.362. The summed E-state index contributed by atoms with van der Waals surface area (Å²) in [5, 5.41) is 9.23. The maximum Gasteiger partial charge on any atom is 0.277 e. The normalized spacial score (nSPS) is 17.4. The summed E-state index contributed by atoms with van der Waals surface area (Å²) in [6.07, 6.45) is 6.66. The third-order valence-electron chi connectivity index (χ3n) is 6.44. The summed E-state index contributed by atoms with van der Waals surface area (Å²) < 4.78 is 5.55. The summed E-state index contributed by atoms with van der Waals surface area (Å²) in [7, 11) is 0. The molecule has 0 spiro atoms. The Labute approximate surface area is 198 Å². The number of carbonyl (C=O) groups is 2. The molecule has 2 aliphatic heterocycles. The number of unbranched alkanes of at least 4 members (excludes halogenated alkanes) is 5. The van der Waals surface area contributed by atoms with Crippen molar-refractivity contribution in [3.05, 3.63) is 35.5 Å². The first kappa shape index (κ1) is 25.2. The highest BCUT2D eigenvalue weighted by Crippen LogP contribution is 2.33. The Morgan fingerprint density at radius 1 is 0.848 bits per heavy atom. The Morgan fingerprint density at radius 3 is 2.15 bits per heavy atom. The van der Waals surface area contributed by atoms with Crippen LogP contribution in [-0.4, -0.2) is 84.1 Å². The van der Waals surface area contributed by atoms with Crippen LogP contribution in [0.25, 0.3) is 5.57 Å². The minimum Gasteiger partial charge on any atom is -0.494 e. The molecule has 0 bridgehead atoms. The molecule has 1 aromatic rings. The first-order valence-electron chi connectivity index (χ1n) is 12.5. The van der Waals surface area contributed by atoms with Crippen LogP contribution in [0.1, 0.15) is 57.9 Å². The predicted molar refractivity (Wildman–Crippen MR) is 130 cm³/mol. The number of aliphatic hydroxyl groups excluding tert-OH is 1. The number of hydrogen-bond donors (Lipinski definition) is 1.